The lowest BCUT2D eigenvalue weighted by Crippen LogP contribution is -2.13. The number of methoxy groups -OCH3 is 1. The van der Waals surface area contributed by atoms with Gasteiger partial charge in [0.05, 0.1) is 24.6 Å². The monoisotopic (exact) mass is 337 g/mol. The van der Waals surface area contributed by atoms with Crippen LogP contribution in [0, 0.1) is 5.82 Å². The number of hydrogen-bond acceptors (Lipinski definition) is 4. The first-order valence-corrected chi connectivity index (χ1v) is 7.59. The predicted molar refractivity (Wildman–Crippen MR) is 94.9 cm³/mol. The summed E-state index contributed by atoms with van der Waals surface area (Å²) in [6.45, 7) is 0. The van der Waals surface area contributed by atoms with Crippen LogP contribution in [0.25, 0.3) is 0 Å². The molecule has 0 aliphatic heterocycles. The number of carbonyl (C=O) groups excluding carboxylic acids is 1. The van der Waals surface area contributed by atoms with E-state index >= 15 is 0 Å². The molecule has 0 fully saturated rings. The van der Waals surface area contributed by atoms with Crippen LogP contribution in [-0.2, 0) is 0 Å². The molecule has 25 heavy (non-hydrogen) atoms. The Labute approximate surface area is 144 Å². The minimum atomic E-state index is -0.565. The SMILES string of the molecule is COc1cccc(Nc2ccc(NC(=O)c3ccccc3F)cn2)c1. The normalized spacial score (nSPS) is 10.2. The van der Waals surface area contributed by atoms with Crippen molar-refractivity contribution in [2.24, 2.45) is 0 Å². The van der Waals surface area contributed by atoms with Crippen molar-refractivity contribution in [1.29, 1.82) is 0 Å². The lowest BCUT2D eigenvalue weighted by atomic mass is 10.2. The first kappa shape index (κ1) is 16.4. The van der Waals surface area contributed by atoms with Crippen LogP contribution in [0.2, 0.25) is 0 Å². The summed E-state index contributed by atoms with van der Waals surface area (Å²) in [7, 11) is 1.60. The molecule has 0 aliphatic carbocycles. The fraction of sp³-hybridized carbons (Fsp3) is 0.0526. The van der Waals surface area contributed by atoms with Crippen LogP contribution < -0.4 is 15.4 Å². The smallest absolute Gasteiger partial charge is 0.258 e. The van der Waals surface area contributed by atoms with Gasteiger partial charge in [0.25, 0.3) is 5.91 Å². The van der Waals surface area contributed by atoms with Crippen LogP contribution in [0.15, 0.2) is 66.9 Å². The molecule has 3 rings (SSSR count). The topological polar surface area (TPSA) is 63.2 Å². The lowest BCUT2D eigenvalue weighted by Gasteiger charge is -2.09. The van der Waals surface area contributed by atoms with Gasteiger partial charge >= 0.3 is 0 Å². The van der Waals surface area contributed by atoms with Crippen LogP contribution in [0.3, 0.4) is 0 Å². The van der Waals surface area contributed by atoms with E-state index in [1.165, 1.54) is 24.4 Å². The molecule has 0 saturated heterocycles. The Morgan fingerprint density at radius 2 is 1.88 bits per heavy atom. The van der Waals surface area contributed by atoms with Crippen molar-refractivity contribution in [3.05, 3.63) is 78.2 Å². The van der Waals surface area contributed by atoms with Crippen LogP contribution >= 0.6 is 0 Å². The highest BCUT2D eigenvalue weighted by atomic mass is 19.1. The largest absolute Gasteiger partial charge is 0.497 e. The molecule has 0 radical (unpaired) electrons. The minimum Gasteiger partial charge on any atom is -0.497 e. The molecule has 0 aliphatic rings. The highest BCUT2D eigenvalue weighted by molar-refractivity contribution is 6.04. The van der Waals surface area contributed by atoms with Crippen LogP contribution in [0.5, 0.6) is 5.75 Å². The van der Waals surface area contributed by atoms with Gasteiger partial charge in [0.15, 0.2) is 0 Å². The number of anilines is 3. The number of aromatic nitrogens is 1. The van der Waals surface area contributed by atoms with E-state index < -0.39 is 11.7 Å². The molecule has 0 spiro atoms. The fourth-order valence-electron chi connectivity index (χ4n) is 2.23. The van der Waals surface area contributed by atoms with Crippen LogP contribution in [0.4, 0.5) is 21.6 Å². The molecule has 1 amide bonds. The number of nitrogens with zero attached hydrogens (tertiary/aromatic N) is 1. The average molecular weight is 337 g/mol. The van der Waals surface area contributed by atoms with Gasteiger partial charge in [0.1, 0.15) is 17.4 Å². The minimum absolute atomic E-state index is 0.0129. The van der Waals surface area contributed by atoms with Gasteiger partial charge in [-0.1, -0.05) is 18.2 Å². The zero-order valence-corrected chi connectivity index (χ0v) is 13.5. The van der Waals surface area contributed by atoms with E-state index in [0.29, 0.717) is 11.5 Å². The van der Waals surface area contributed by atoms with E-state index in [1.807, 2.05) is 24.3 Å². The number of amides is 1. The first-order chi connectivity index (χ1) is 12.2. The third-order valence-corrected chi connectivity index (χ3v) is 3.48. The summed E-state index contributed by atoms with van der Waals surface area (Å²) < 4.78 is 18.8. The van der Waals surface area contributed by atoms with Crippen molar-refractivity contribution >= 4 is 23.1 Å². The Morgan fingerprint density at radius 3 is 2.60 bits per heavy atom. The zero-order valence-electron chi connectivity index (χ0n) is 13.5. The second-order valence-corrected chi connectivity index (χ2v) is 5.22. The molecule has 126 valence electrons. The van der Waals surface area contributed by atoms with Gasteiger partial charge in [-0.25, -0.2) is 9.37 Å². The maximum atomic E-state index is 13.6. The van der Waals surface area contributed by atoms with Crippen LogP contribution in [-0.4, -0.2) is 18.0 Å². The van der Waals surface area contributed by atoms with Crippen molar-refractivity contribution in [1.82, 2.24) is 4.98 Å². The summed E-state index contributed by atoms with van der Waals surface area (Å²) in [5.74, 6) is 0.258. The molecule has 6 heteroatoms. The maximum Gasteiger partial charge on any atom is 0.258 e. The Morgan fingerprint density at radius 1 is 1.04 bits per heavy atom. The fourth-order valence-corrected chi connectivity index (χ4v) is 2.23. The van der Waals surface area contributed by atoms with Crippen molar-refractivity contribution in [3.63, 3.8) is 0 Å². The van der Waals surface area contributed by atoms with Gasteiger partial charge < -0.3 is 15.4 Å². The Balaban J connectivity index is 1.68. The molecule has 0 saturated carbocycles. The highest BCUT2D eigenvalue weighted by Crippen LogP contribution is 2.21. The third kappa shape index (κ3) is 4.11. The second kappa shape index (κ2) is 7.44. The van der Waals surface area contributed by atoms with E-state index in [-0.39, 0.29) is 5.56 Å². The standard InChI is InChI=1S/C19H16FN3O2/c1-25-15-6-4-5-13(11-15)22-18-10-9-14(12-21-18)23-19(24)16-7-2-3-8-17(16)20/h2-12H,1H3,(H,21,22)(H,23,24). The van der Waals surface area contributed by atoms with Gasteiger partial charge in [-0.05, 0) is 36.4 Å². The number of halogens is 1. The maximum absolute atomic E-state index is 13.6. The number of carbonyl (C=O) groups is 1. The van der Waals surface area contributed by atoms with E-state index in [1.54, 1.807) is 25.3 Å². The third-order valence-electron chi connectivity index (χ3n) is 3.48. The summed E-state index contributed by atoms with van der Waals surface area (Å²) in [5, 5.41) is 5.76. The molecule has 0 bridgehead atoms. The summed E-state index contributed by atoms with van der Waals surface area (Å²) in [5.41, 5.74) is 1.29. The Hall–Kier alpha value is -3.41. The zero-order chi connectivity index (χ0) is 17.6. The molecular weight excluding hydrogens is 321 g/mol. The molecular formula is C19H16FN3O2. The number of rotatable bonds is 5. The predicted octanol–water partition coefficient (Wildman–Crippen LogP) is 4.23. The number of benzene rings is 2. The summed E-state index contributed by atoms with van der Waals surface area (Å²) in [6, 6.07) is 16.7. The molecule has 0 atom stereocenters. The highest BCUT2D eigenvalue weighted by Gasteiger charge is 2.11. The summed E-state index contributed by atoms with van der Waals surface area (Å²) >= 11 is 0. The summed E-state index contributed by atoms with van der Waals surface area (Å²) in [6.07, 6.45) is 1.50. The van der Waals surface area contributed by atoms with Crippen molar-refractivity contribution in [2.75, 3.05) is 17.7 Å². The molecule has 1 aromatic heterocycles. The van der Waals surface area contributed by atoms with Crippen molar-refractivity contribution < 1.29 is 13.9 Å². The molecule has 1 heterocycles. The summed E-state index contributed by atoms with van der Waals surface area (Å²) in [4.78, 5) is 16.3. The molecule has 2 aromatic carbocycles. The van der Waals surface area contributed by atoms with Gasteiger partial charge in [-0.3, -0.25) is 4.79 Å². The first-order valence-electron chi connectivity index (χ1n) is 7.59. The Bertz CT molecular complexity index is 882. The van der Waals surface area contributed by atoms with E-state index in [4.69, 9.17) is 4.74 Å². The van der Waals surface area contributed by atoms with Crippen LogP contribution in [0.1, 0.15) is 10.4 Å². The van der Waals surface area contributed by atoms with Gasteiger partial charge in [0.2, 0.25) is 0 Å². The van der Waals surface area contributed by atoms with E-state index in [9.17, 15) is 9.18 Å². The molecule has 3 aromatic rings. The second-order valence-electron chi connectivity index (χ2n) is 5.22. The Kier molecular flexibility index (Phi) is 4.89. The van der Waals surface area contributed by atoms with Crippen molar-refractivity contribution in [2.45, 2.75) is 0 Å². The molecule has 0 unspecified atom stereocenters. The molecule has 5 nitrogen and oxygen atoms in total. The van der Waals surface area contributed by atoms with E-state index in [2.05, 4.69) is 15.6 Å². The average Bonchev–Trinajstić information content (AvgIpc) is 2.64. The number of hydrogen-bond donors (Lipinski definition) is 2. The van der Waals surface area contributed by atoms with Gasteiger partial charge in [-0.2, -0.15) is 0 Å². The van der Waals surface area contributed by atoms with Gasteiger partial charge in [-0.15, -0.1) is 0 Å². The molecule has 2 N–H and O–H groups in total. The van der Waals surface area contributed by atoms with Gasteiger partial charge in [0, 0.05) is 11.8 Å². The number of pyridine rings is 1. The number of nitrogens with one attached hydrogen (secondary N) is 2. The van der Waals surface area contributed by atoms with Crippen molar-refractivity contribution in [3.8, 4) is 5.75 Å². The lowest BCUT2D eigenvalue weighted by molar-refractivity contribution is 0.102. The number of ether oxygens (including phenoxy) is 1. The quantitative estimate of drug-likeness (QED) is 0.731. The van der Waals surface area contributed by atoms with E-state index in [0.717, 1.165) is 11.4 Å².